The normalized spacial score (nSPS) is 17.5. The summed E-state index contributed by atoms with van der Waals surface area (Å²) in [6.07, 6.45) is 8.85. The van der Waals surface area contributed by atoms with Gasteiger partial charge in [0.2, 0.25) is 5.91 Å². The summed E-state index contributed by atoms with van der Waals surface area (Å²) in [5.41, 5.74) is 2.20. The van der Waals surface area contributed by atoms with Crippen LogP contribution in [0.2, 0.25) is 0 Å². The third-order valence-corrected chi connectivity index (χ3v) is 4.96. The number of amides is 1. The van der Waals surface area contributed by atoms with Gasteiger partial charge in [0.15, 0.2) is 0 Å². The van der Waals surface area contributed by atoms with Crippen LogP contribution in [0.4, 0.5) is 0 Å². The second kappa shape index (κ2) is 8.19. The van der Waals surface area contributed by atoms with Crippen LogP contribution in [0.5, 0.6) is 5.75 Å². The van der Waals surface area contributed by atoms with E-state index in [1.807, 2.05) is 41.3 Å². The number of nitrogens with zero attached hydrogens (tertiary/aromatic N) is 3. The first kappa shape index (κ1) is 17.5. The van der Waals surface area contributed by atoms with Crippen LogP contribution in [0, 0.1) is 0 Å². The summed E-state index contributed by atoms with van der Waals surface area (Å²) in [5, 5.41) is 4.42. The third-order valence-electron chi connectivity index (χ3n) is 4.96. The Balaban J connectivity index is 1.50. The van der Waals surface area contributed by atoms with Crippen molar-refractivity contribution in [3.05, 3.63) is 36.7 Å². The Labute approximate surface area is 149 Å². The number of carbonyl (C=O) groups excluding carboxylic acids is 1. The van der Waals surface area contributed by atoms with E-state index in [9.17, 15) is 4.79 Å². The number of carbonyl (C=O) groups is 1. The Morgan fingerprint density at radius 3 is 2.76 bits per heavy atom. The molecule has 5 nitrogen and oxygen atoms in total. The number of piperidine rings is 1. The van der Waals surface area contributed by atoms with Crippen LogP contribution >= 0.6 is 0 Å². The van der Waals surface area contributed by atoms with Crippen molar-refractivity contribution in [2.75, 3.05) is 13.7 Å². The van der Waals surface area contributed by atoms with Crippen molar-refractivity contribution in [2.24, 2.45) is 0 Å². The van der Waals surface area contributed by atoms with Gasteiger partial charge in [0.1, 0.15) is 5.75 Å². The van der Waals surface area contributed by atoms with E-state index in [0.29, 0.717) is 12.5 Å². The topological polar surface area (TPSA) is 47.4 Å². The number of aryl methyl sites for hydroxylation is 1. The first-order chi connectivity index (χ1) is 12.2. The van der Waals surface area contributed by atoms with Crippen molar-refractivity contribution < 1.29 is 9.53 Å². The van der Waals surface area contributed by atoms with Gasteiger partial charge < -0.3 is 9.64 Å². The fraction of sp³-hybridized carbons (Fsp3) is 0.500. The van der Waals surface area contributed by atoms with Gasteiger partial charge in [-0.2, -0.15) is 5.10 Å². The third kappa shape index (κ3) is 4.41. The standard InChI is InChI=1S/C20H27N3O2/c1-16-6-3-4-13-23(16)20(24)7-5-12-22-15-18(14-21-22)17-8-10-19(25-2)11-9-17/h8-11,14-16H,3-7,12-13H2,1-2H3/t16-/m0/s1. The minimum absolute atomic E-state index is 0.287. The molecule has 1 atom stereocenters. The lowest BCUT2D eigenvalue weighted by Gasteiger charge is -2.33. The molecule has 0 N–H and O–H groups in total. The summed E-state index contributed by atoms with van der Waals surface area (Å²) in [4.78, 5) is 14.4. The van der Waals surface area contributed by atoms with E-state index in [0.717, 1.165) is 49.2 Å². The van der Waals surface area contributed by atoms with Gasteiger partial charge in [-0.25, -0.2) is 0 Å². The highest BCUT2D eigenvalue weighted by Gasteiger charge is 2.22. The van der Waals surface area contributed by atoms with Gasteiger partial charge >= 0.3 is 0 Å². The maximum Gasteiger partial charge on any atom is 0.222 e. The second-order valence-corrected chi connectivity index (χ2v) is 6.76. The van der Waals surface area contributed by atoms with Crippen LogP contribution in [-0.4, -0.2) is 40.3 Å². The quantitative estimate of drug-likeness (QED) is 0.804. The number of aromatic nitrogens is 2. The lowest BCUT2D eigenvalue weighted by atomic mass is 10.0. The van der Waals surface area contributed by atoms with Gasteiger partial charge in [-0.15, -0.1) is 0 Å². The molecule has 1 aromatic carbocycles. The van der Waals surface area contributed by atoms with Gasteiger partial charge in [-0.3, -0.25) is 9.48 Å². The van der Waals surface area contributed by atoms with E-state index >= 15 is 0 Å². The molecule has 0 saturated carbocycles. The van der Waals surface area contributed by atoms with E-state index in [4.69, 9.17) is 4.74 Å². The molecule has 5 heteroatoms. The minimum Gasteiger partial charge on any atom is -0.497 e. The number of hydrogen-bond acceptors (Lipinski definition) is 3. The van der Waals surface area contributed by atoms with Crippen molar-refractivity contribution in [2.45, 2.75) is 51.6 Å². The Morgan fingerprint density at radius 1 is 1.24 bits per heavy atom. The van der Waals surface area contributed by atoms with Crippen molar-refractivity contribution >= 4 is 5.91 Å². The first-order valence-corrected chi connectivity index (χ1v) is 9.14. The van der Waals surface area contributed by atoms with Crippen LogP contribution in [-0.2, 0) is 11.3 Å². The summed E-state index contributed by atoms with van der Waals surface area (Å²) in [6, 6.07) is 8.35. The Hall–Kier alpha value is -2.30. The van der Waals surface area contributed by atoms with Gasteiger partial charge in [0, 0.05) is 37.3 Å². The van der Waals surface area contributed by atoms with Crippen LogP contribution < -0.4 is 4.74 Å². The molecule has 0 aliphatic carbocycles. The second-order valence-electron chi connectivity index (χ2n) is 6.76. The highest BCUT2D eigenvalue weighted by atomic mass is 16.5. The maximum atomic E-state index is 12.4. The molecule has 0 spiro atoms. The van der Waals surface area contributed by atoms with Crippen LogP contribution in [0.3, 0.4) is 0 Å². The molecule has 1 fully saturated rings. The van der Waals surface area contributed by atoms with E-state index in [2.05, 4.69) is 16.9 Å². The van der Waals surface area contributed by atoms with E-state index in [1.54, 1.807) is 7.11 Å². The Bertz CT molecular complexity index is 693. The van der Waals surface area contributed by atoms with Crippen LogP contribution in [0.15, 0.2) is 36.7 Å². The zero-order valence-electron chi connectivity index (χ0n) is 15.1. The molecule has 0 bridgehead atoms. The number of benzene rings is 1. The van der Waals surface area contributed by atoms with Crippen LogP contribution in [0.1, 0.15) is 39.0 Å². The minimum atomic E-state index is 0.287. The zero-order valence-corrected chi connectivity index (χ0v) is 15.1. The molecular weight excluding hydrogens is 314 g/mol. The summed E-state index contributed by atoms with van der Waals surface area (Å²) < 4.78 is 7.11. The largest absolute Gasteiger partial charge is 0.497 e. The summed E-state index contributed by atoms with van der Waals surface area (Å²) in [5.74, 6) is 1.14. The van der Waals surface area contributed by atoms with Crippen molar-refractivity contribution in [3.63, 3.8) is 0 Å². The number of ether oxygens (including phenoxy) is 1. The average molecular weight is 341 g/mol. The molecule has 1 amide bonds. The highest BCUT2D eigenvalue weighted by Crippen LogP contribution is 2.22. The molecule has 1 aromatic heterocycles. The Kier molecular flexibility index (Phi) is 5.74. The van der Waals surface area contributed by atoms with Gasteiger partial charge in [0.05, 0.1) is 13.3 Å². The molecule has 2 heterocycles. The molecule has 2 aromatic rings. The fourth-order valence-corrected chi connectivity index (χ4v) is 3.42. The molecule has 0 radical (unpaired) electrons. The lowest BCUT2D eigenvalue weighted by molar-refractivity contribution is -0.134. The lowest BCUT2D eigenvalue weighted by Crippen LogP contribution is -2.41. The van der Waals surface area contributed by atoms with E-state index in [-0.39, 0.29) is 5.91 Å². The smallest absolute Gasteiger partial charge is 0.222 e. The number of hydrogen-bond donors (Lipinski definition) is 0. The molecule has 1 saturated heterocycles. The predicted octanol–water partition coefficient (Wildman–Crippen LogP) is 3.74. The maximum absolute atomic E-state index is 12.4. The molecule has 1 aliphatic rings. The molecular formula is C20H27N3O2. The van der Waals surface area contributed by atoms with Gasteiger partial charge in [0.25, 0.3) is 0 Å². The first-order valence-electron chi connectivity index (χ1n) is 9.14. The average Bonchev–Trinajstić information content (AvgIpc) is 3.11. The predicted molar refractivity (Wildman–Crippen MR) is 98.5 cm³/mol. The number of methoxy groups -OCH3 is 1. The summed E-state index contributed by atoms with van der Waals surface area (Å²) in [6.45, 7) is 3.85. The van der Waals surface area contributed by atoms with Crippen molar-refractivity contribution in [3.8, 4) is 16.9 Å². The van der Waals surface area contributed by atoms with E-state index < -0.39 is 0 Å². The molecule has 0 unspecified atom stereocenters. The SMILES string of the molecule is COc1ccc(-c2cnn(CCCC(=O)N3CCCC[C@@H]3C)c2)cc1. The van der Waals surface area contributed by atoms with Crippen LogP contribution in [0.25, 0.3) is 11.1 Å². The summed E-state index contributed by atoms with van der Waals surface area (Å²) >= 11 is 0. The van der Waals surface area contributed by atoms with Crippen molar-refractivity contribution in [1.29, 1.82) is 0 Å². The molecule has 1 aliphatic heterocycles. The highest BCUT2D eigenvalue weighted by molar-refractivity contribution is 5.76. The fourth-order valence-electron chi connectivity index (χ4n) is 3.42. The van der Waals surface area contributed by atoms with Gasteiger partial charge in [-0.05, 0) is 50.3 Å². The van der Waals surface area contributed by atoms with Crippen molar-refractivity contribution in [1.82, 2.24) is 14.7 Å². The molecule has 3 rings (SSSR count). The molecule has 25 heavy (non-hydrogen) atoms. The summed E-state index contributed by atoms with van der Waals surface area (Å²) in [7, 11) is 1.67. The van der Waals surface area contributed by atoms with E-state index in [1.165, 1.54) is 6.42 Å². The number of likely N-dealkylation sites (tertiary alicyclic amines) is 1. The number of rotatable bonds is 6. The van der Waals surface area contributed by atoms with Gasteiger partial charge in [-0.1, -0.05) is 12.1 Å². The molecule has 134 valence electrons. The Morgan fingerprint density at radius 2 is 2.04 bits per heavy atom. The zero-order chi connectivity index (χ0) is 17.6. The monoisotopic (exact) mass is 341 g/mol.